The fourth-order valence-corrected chi connectivity index (χ4v) is 3.48. The van der Waals surface area contributed by atoms with Gasteiger partial charge < -0.3 is 15.2 Å². The molecular formula is C19H29N7O. The normalized spacial score (nSPS) is 11.8. The molecule has 3 rings (SSSR count). The molecule has 0 bridgehead atoms. The Balaban J connectivity index is 2.11. The summed E-state index contributed by atoms with van der Waals surface area (Å²) >= 11 is 0. The molecule has 0 saturated carbocycles. The summed E-state index contributed by atoms with van der Waals surface area (Å²) in [5, 5.41) is 3.34. The van der Waals surface area contributed by atoms with Gasteiger partial charge in [0, 0.05) is 19.5 Å². The van der Waals surface area contributed by atoms with Crippen LogP contribution < -0.4 is 10.9 Å². The maximum atomic E-state index is 12.6. The van der Waals surface area contributed by atoms with Crippen molar-refractivity contribution in [1.82, 2.24) is 29.2 Å². The van der Waals surface area contributed by atoms with Gasteiger partial charge >= 0.3 is 0 Å². The number of anilines is 1. The minimum absolute atomic E-state index is 0.146. The van der Waals surface area contributed by atoms with E-state index in [1.807, 2.05) is 25.2 Å². The van der Waals surface area contributed by atoms with Crippen LogP contribution in [0.5, 0.6) is 0 Å². The van der Waals surface area contributed by atoms with Gasteiger partial charge in [-0.1, -0.05) is 27.7 Å². The van der Waals surface area contributed by atoms with Crippen LogP contribution in [0.25, 0.3) is 16.7 Å². The minimum Gasteiger partial charge on any atom is -0.353 e. The predicted octanol–water partition coefficient (Wildman–Crippen LogP) is 2.15. The molecule has 2 N–H and O–H groups in total. The highest BCUT2D eigenvalue weighted by atomic mass is 16.1. The number of aryl methyl sites for hydroxylation is 3. The van der Waals surface area contributed by atoms with E-state index >= 15 is 0 Å². The van der Waals surface area contributed by atoms with E-state index in [0.29, 0.717) is 29.0 Å². The number of hydrogen-bond donors (Lipinski definition) is 2. The van der Waals surface area contributed by atoms with Crippen LogP contribution in [0.1, 0.15) is 44.9 Å². The molecule has 0 spiro atoms. The van der Waals surface area contributed by atoms with E-state index in [0.717, 1.165) is 49.8 Å². The molecule has 0 saturated heterocycles. The van der Waals surface area contributed by atoms with Gasteiger partial charge in [-0.05, 0) is 26.4 Å². The number of aromatic nitrogens is 5. The first-order valence-electron chi connectivity index (χ1n) is 9.80. The molecule has 0 aliphatic rings. The predicted molar refractivity (Wildman–Crippen MR) is 109 cm³/mol. The Morgan fingerprint density at radius 1 is 1.07 bits per heavy atom. The summed E-state index contributed by atoms with van der Waals surface area (Å²) in [6.45, 7) is 14.0. The van der Waals surface area contributed by atoms with Crippen molar-refractivity contribution in [3.63, 3.8) is 0 Å². The smallest absolute Gasteiger partial charge is 0.274 e. The largest absolute Gasteiger partial charge is 0.353 e. The average Bonchev–Trinajstić information content (AvgIpc) is 3.02. The lowest BCUT2D eigenvalue weighted by Crippen LogP contribution is -2.29. The third-order valence-electron chi connectivity index (χ3n) is 5.01. The van der Waals surface area contributed by atoms with Gasteiger partial charge in [-0.25, -0.2) is 9.97 Å². The Hall–Kier alpha value is -2.48. The van der Waals surface area contributed by atoms with Gasteiger partial charge in [-0.2, -0.15) is 4.98 Å². The fourth-order valence-electron chi connectivity index (χ4n) is 3.48. The number of nitrogens with zero attached hydrogens (tertiary/aromatic N) is 5. The highest BCUT2D eigenvalue weighted by Crippen LogP contribution is 2.20. The van der Waals surface area contributed by atoms with Crippen LogP contribution in [0.15, 0.2) is 4.79 Å². The quantitative estimate of drug-likeness (QED) is 0.630. The van der Waals surface area contributed by atoms with Crippen LogP contribution in [0.3, 0.4) is 0 Å². The number of fused-ring (bicyclic) bond motifs is 3. The molecule has 3 aromatic heterocycles. The molecule has 0 amide bonds. The lowest BCUT2D eigenvalue weighted by Gasteiger charge is -2.18. The average molecular weight is 371 g/mol. The minimum atomic E-state index is -0.146. The second-order valence-corrected chi connectivity index (χ2v) is 6.60. The van der Waals surface area contributed by atoms with Crippen LogP contribution >= 0.6 is 0 Å². The summed E-state index contributed by atoms with van der Waals surface area (Å²) in [6.07, 6.45) is 1.43. The Bertz CT molecular complexity index is 1000. The first-order valence-corrected chi connectivity index (χ1v) is 9.80. The zero-order valence-electron chi connectivity index (χ0n) is 16.9. The second kappa shape index (κ2) is 8.04. The summed E-state index contributed by atoms with van der Waals surface area (Å²) in [4.78, 5) is 31.9. The van der Waals surface area contributed by atoms with Crippen LogP contribution in [0.2, 0.25) is 0 Å². The van der Waals surface area contributed by atoms with Crippen LogP contribution in [-0.4, -0.2) is 55.4 Å². The van der Waals surface area contributed by atoms with E-state index in [-0.39, 0.29) is 5.56 Å². The maximum Gasteiger partial charge on any atom is 0.274 e. The molecule has 0 radical (unpaired) electrons. The molecule has 0 aliphatic carbocycles. The highest BCUT2D eigenvalue weighted by Gasteiger charge is 2.17. The first kappa shape index (κ1) is 19.3. The molecular weight excluding hydrogens is 342 g/mol. The van der Waals surface area contributed by atoms with Gasteiger partial charge in [0.1, 0.15) is 16.9 Å². The van der Waals surface area contributed by atoms with Crippen LogP contribution in [0, 0.1) is 6.92 Å². The van der Waals surface area contributed by atoms with Crippen molar-refractivity contribution in [3.8, 4) is 0 Å². The number of rotatable bonds is 8. The number of H-pyrrole nitrogens is 1. The summed E-state index contributed by atoms with van der Waals surface area (Å²) in [6, 6.07) is 0. The lowest BCUT2D eigenvalue weighted by atomic mass is 10.2. The standard InChI is InChI=1S/C19H29N7O/c1-6-13-15-17(24-19(22-13)20-10-11-25(8-3)9-4)26-14(7-2)21-12(5)16(26)18(27)23-15/h6-11H2,1-5H3,(H,23,27)(H,20,22,24). The van der Waals surface area contributed by atoms with Crippen LogP contribution in [0.4, 0.5) is 5.95 Å². The fraction of sp³-hybridized carbons (Fsp3) is 0.579. The van der Waals surface area contributed by atoms with Crippen molar-refractivity contribution in [2.45, 2.75) is 47.5 Å². The number of nitrogens with one attached hydrogen (secondary N) is 2. The molecule has 146 valence electrons. The summed E-state index contributed by atoms with van der Waals surface area (Å²) in [5.41, 5.74) is 3.37. The summed E-state index contributed by atoms with van der Waals surface area (Å²) in [5.74, 6) is 1.43. The van der Waals surface area contributed by atoms with Gasteiger partial charge in [0.2, 0.25) is 5.95 Å². The molecule has 0 aliphatic heterocycles. The van der Waals surface area contributed by atoms with E-state index in [9.17, 15) is 4.79 Å². The third kappa shape index (κ3) is 3.53. The number of imidazole rings is 1. The van der Waals surface area contributed by atoms with E-state index in [2.05, 4.69) is 39.0 Å². The Morgan fingerprint density at radius 2 is 1.81 bits per heavy atom. The van der Waals surface area contributed by atoms with Crippen molar-refractivity contribution in [3.05, 3.63) is 27.6 Å². The zero-order valence-corrected chi connectivity index (χ0v) is 16.9. The monoisotopic (exact) mass is 371 g/mol. The van der Waals surface area contributed by atoms with E-state index < -0.39 is 0 Å². The summed E-state index contributed by atoms with van der Waals surface area (Å²) < 4.78 is 1.89. The van der Waals surface area contributed by atoms with E-state index in [1.165, 1.54) is 0 Å². The third-order valence-corrected chi connectivity index (χ3v) is 5.01. The van der Waals surface area contributed by atoms with Crippen molar-refractivity contribution < 1.29 is 0 Å². The zero-order chi connectivity index (χ0) is 19.6. The highest BCUT2D eigenvalue weighted by molar-refractivity contribution is 5.78. The molecule has 27 heavy (non-hydrogen) atoms. The molecule has 0 atom stereocenters. The maximum absolute atomic E-state index is 12.6. The van der Waals surface area contributed by atoms with Gasteiger partial charge in [-0.3, -0.25) is 9.20 Å². The Morgan fingerprint density at radius 3 is 2.44 bits per heavy atom. The summed E-state index contributed by atoms with van der Waals surface area (Å²) in [7, 11) is 0. The molecule has 8 heteroatoms. The first-order chi connectivity index (χ1) is 13.0. The molecule has 0 fully saturated rings. The lowest BCUT2D eigenvalue weighted by molar-refractivity contribution is 0.316. The van der Waals surface area contributed by atoms with E-state index in [1.54, 1.807) is 0 Å². The number of hydrogen-bond acceptors (Lipinski definition) is 6. The van der Waals surface area contributed by atoms with Gasteiger partial charge in [0.25, 0.3) is 5.56 Å². The molecule has 0 unspecified atom stereocenters. The number of likely N-dealkylation sites (N-methyl/N-ethyl adjacent to an activating group) is 1. The van der Waals surface area contributed by atoms with Crippen molar-refractivity contribution in [1.29, 1.82) is 0 Å². The van der Waals surface area contributed by atoms with Gasteiger partial charge in [0.15, 0.2) is 5.65 Å². The van der Waals surface area contributed by atoms with E-state index in [4.69, 9.17) is 4.98 Å². The molecule has 8 nitrogen and oxygen atoms in total. The second-order valence-electron chi connectivity index (χ2n) is 6.60. The van der Waals surface area contributed by atoms with Crippen molar-refractivity contribution >= 4 is 22.6 Å². The van der Waals surface area contributed by atoms with Crippen molar-refractivity contribution in [2.75, 3.05) is 31.5 Å². The number of aromatic amines is 1. The Labute approximate surface area is 159 Å². The topological polar surface area (TPSA) is 91.2 Å². The molecule has 0 aromatic carbocycles. The molecule has 3 aromatic rings. The van der Waals surface area contributed by atoms with Crippen molar-refractivity contribution in [2.24, 2.45) is 0 Å². The van der Waals surface area contributed by atoms with Gasteiger partial charge in [0.05, 0.1) is 11.4 Å². The SMILES string of the molecule is CCc1nc(NCCN(CC)CC)nc2c1[nH]c(=O)c1c(C)nc(CC)n12. The van der Waals surface area contributed by atoms with Gasteiger partial charge in [-0.15, -0.1) is 0 Å². The Kier molecular flexibility index (Phi) is 5.74. The van der Waals surface area contributed by atoms with Crippen LogP contribution in [-0.2, 0) is 12.8 Å². The molecule has 3 heterocycles.